The second-order valence-electron chi connectivity index (χ2n) is 7.23. The Hall–Kier alpha value is -0.570. The van der Waals surface area contributed by atoms with Crippen LogP contribution in [0.15, 0.2) is 0 Å². The predicted octanol–water partition coefficient (Wildman–Crippen LogP) is 3.67. The number of hydrogen-bond acceptors (Lipinski definition) is 2. The first-order valence-electron chi connectivity index (χ1n) is 8.71. The molecule has 0 aromatic carbocycles. The van der Waals surface area contributed by atoms with E-state index in [0.717, 1.165) is 24.7 Å². The first-order chi connectivity index (χ1) is 9.70. The molecule has 1 N–H and O–H groups in total. The average Bonchev–Trinajstić information content (AvgIpc) is 2.94. The number of carboxylic acids is 1. The van der Waals surface area contributed by atoms with Gasteiger partial charge in [0.15, 0.2) is 0 Å². The van der Waals surface area contributed by atoms with Crippen molar-refractivity contribution in [1.82, 2.24) is 4.90 Å². The summed E-state index contributed by atoms with van der Waals surface area (Å²) in [6, 6.07) is 0.918. The van der Waals surface area contributed by atoms with Crippen LogP contribution in [0.1, 0.15) is 71.1 Å². The molecule has 114 valence electrons. The molecule has 5 unspecified atom stereocenters. The topological polar surface area (TPSA) is 40.5 Å². The van der Waals surface area contributed by atoms with Crippen molar-refractivity contribution in [3.8, 4) is 0 Å². The van der Waals surface area contributed by atoms with Gasteiger partial charge in [-0.3, -0.25) is 9.69 Å². The molecule has 20 heavy (non-hydrogen) atoms. The van der Waals surface area contributed by atoms with Crippen LogP contribution >= 0.6 is 0 Å². The molecule has 0 spiro atoms. The molecule has 1 heterocycles. The molecule has 0 radical (unpaired) electrons. The Morgan fingerprint density at radius 3 is 2.60 bits per heavy atom. The molecule has 3 heteroatoms. The third-order valence-electron chi connectivity index (χ3n) is 6.22. The van der Waals surface area contributed by atoms with Gasteiger partial charge in [0.25, 0.3) is 0 Å². The fraction of sp³-hybridized carbons (Fsp3) is 0.941. The highest BCUT2D eigenvalue weighted by molar-refractivity contribution is 5.73. The Balaban J connectivity index is 1.79. The van der Waals surface area contributed by atoms with Gasteiger partial charge in [-0.25, -0.2) is 0 Å². The summed E-state index contributed by atoms with van der Waals surface area (Å²) in [5, 5.41) is 9.64. The van der Waals surface area contributed by atoms with E-state index in [2.05, 4.69) is 11.8 Å². The number of carboxylic acid groups (broad SMARTS) is 1. The summed E-state index contributed by atoms with van der Waals surface area (Å²) in [6.07, 6.45) is 12.3. The summed E-state index contributed by atoms with van der Waals surface area (Å²) in [7, 11) is 0. The lowest BCUT2D eigenvalue weighted by molar-refractivity contribution is -0.150. The molecule has 1 saturated heterocycles. The summed E-state index contributed by atoms with van der Waals surface area (Å²) < 4.78 is 0. The highest BCUT2D eigenvalue weighted by Crippen LogP contribution is 2.43. The second kappa shape index (κ2) is 6.05. The van der Waals surface area contributed by atoms with Crippen molar-refractivity contribution >= 4 is 5.97 Å². The highest BCUT2D eigenvalue weighted by Gasteiger charge is 2.45. The van der Waals surface area contributed by atoms with E-state index in [4.69, 9.17) is 0 Å². The molecule has 2 aliphatic carbocycles. The molecule has 2 saturated carbocycles. The number of aliphatic carboxylic acids is 1. The number of rotatable bonds is 3. The highest BCUT2D eigenvalue weighted by atomic mass is 16.4. The number of piperidine rings is 1. The van der Waals surface area contributed by atoms with E-state index in [1.54, 1.807) is 0 Å². The van der Waals surface area contributed by atoms with Crippen molar-refractivity contribution in [2.45, 2.75) is 89.3 Å². The van der Waals surface area contributed by atoms with Gasteiger partial charge < -0.3 is 5.11 Å². The van der Waals surface area contributed by atoms with E-state index < -0.39 is 5.97 Å². The zero-order valence-corrected chi connectivity index (χ0v) is 12.8. The fourth-order valence-corrected chi connectivity index (χ4v) is 5.14. The number of carbonyl (C=O) groups is 1. The zero-order chi connectivity index (χ0) is 14.1. The van der Waals surface area contributed by atoms with Crippen LogP contribution in [0.4, 0.5) is 0 Å². The van der Waals surface area contributed by atoms with Crippen molar-refractivity contribution in [2.75, 3.05) is 0 Å². The third-order valence-corrected chi connectivity index (χ3v) is 6.22. The summed E-state index contributed by atoms with van der Waals surface area (Å²) >= 11 is 0. The molecule has 0 aromatic rings. The van der Waals surface area contributed by atoms with Crippen molar-refractivity contribution in [3.63, 3.8) is 0 Å². The van der Waals surface area contributed by atoms with E-state index in [1.807, 2.05) is 0 Å². The minimum atomic E-state index is -0.575. The number of hydrogen-bond donors (Lipinski definition) is 1. The Kier molecular flexibility index (Phi) is 4.34. The summed E-state index contributed by atoms with van der Waals surface area (Å²) in [6.45, 7) is 2.28. The lowest BCUT2D eigenvalue weighted by Crippen LogP contribution is -2.58. The van der Waals surface area contributed by atoms with Gasteiger partial charge in [0, 0.05) is 12.1 Å². The third kappa shape index (κ3) is 2.61. The molecule has 1 aliphatic heterocycles. The Morgan fingerprint density at radius 2 is 1.90 bits per heavy atom. The van der Waals surface area contributed by atoms with Gasteiger partial charge in [0.05, 0.1) is 0 Å². The van der Waals surface area contributed by atoms with Crippen molar-refractivity contribution in [1.29, 1.82) is 0 Å². The molecule has 3 fully saturated rings. The minimum absolute atomic E-state index is 0.199. The maximum Gasteiger partial charge on any atom is 0.320 e. The second-order valence-corrected chi connectivity index (χ2v) is 7.23. The molecule has 0 amide bonds. The first-order valence-corrected chi connectivity index (χ1v) is 8.71. The molecule has 0 bridgehead atoms. The Bertz CT molecular complexity index is 357. The number of nitrogens with zero attached hydrogens (tertiary/aromatic N) is 1. The van der Waals surface area contributed by atoms with E-state index >= 15 is 0 Å². The van der Waals surface area contributed by atoms with E-state index in [0.29, 0.717) is 12.1 Å². The van der Waals surface area contributed by atoms with Crippen LogP contribution in [0.2, 0.25) is 0 Å². The van der Waals surface area contributed by atoms with Crippen molar-refractivity contribution < 1.29 is 9.90 Å². The van der Waals surface area contributed by atoms with Crippen LogP contribution in [0.3, 0.4) is 0 Å². The lowest BCUT2D eigenvalue weighted by atomic mass is 9.75. The normalized spacial score (nSPS) is 42.4. The van der Waals surface area contributed by atoms with Gasteiger partial charge in [0.1, 0.15) is 6.04 Å². The molecular formula is C17H29NO2. The Labute approximate surface area is 122 Å². The summed E-state index contributed by atoms with van der Waals surface area (Å²) in [5.74, 6) is 1.03. The van der Waals surface area contributed by atoms with Gasteiger partial charge in [-0.15, -0.1) is 0 Å². The van der Waals surface area contributed by atoms with Gasteiger partial charge in [-0.2, -0.15) is 0 Å². The molecule has 5 atom stereocenters. The first kappa shape index (κ1) is 14.4. The van der Waals surface area contributed by atoms with Crippen molar-refractivity contribution in [3.05, 3.63) is 0 Å². The maximum absolute atomic E-state index is 11.7. The van der Waals surface area contributed by atoms with Crippen LogP contribution < -0.4 is 0 Å². The molecule has 3 rings (SSSR count). The van der Waals surface area contributed by atoms with Gasteiger partial charge in [0.2, 0.25) is 0 Å². The Morgan fingerprint density at radius 1 is 1.10 bits per heavy atom. The van der Waals surface area contributed by atoms with E-state index in [9.17, 15) is 9.90 Å². The van der Waals surface area contributed by atoms with E-state index in [-0.39, 0.29) is 6.04 Å². The van der Waals surface area contributed by atoms with E-state index in [1.165, 1.54) is 51.4 Å². The SMILES string of the molecule is CCC1CCC(N2C(C(=O)O)CCC3CCCCC32)C1. The maximum atomic E-state index is 11.7. The fourth-order valence-electron chi connectivity index (χ4n) is 5.14. The lowest BCUT2D eigenvalue weighted by Gasteiger charge is -2.50. The van der Waals surface area contributed by atoms with Crippen LogP contribution in [0.5, 0.6) is 0 Å². The number of likely N-dealkylation sites (tertiary alicyclic amines) is 1. The summed E-state index contributed by atoms with van der Waals surface area (Å²) in [4.78, 5) is 14.2. The van der Waals surface area contributed by atoms with Crippen LogP contribution in [0.25, 0.3) is 0 Å². The van der Waals surface area contributed by atoms with Crippen LogP contribution in [0, 0.1) is 11.8 Å². The summed E-state index contributed by atoms with van der Waals surface area (Å²) in [5.41, 5.74) is 0. The minimum Gasteiger partial charge on any atom is -0.480 e. The van der Waals surface area contributed by atoms with Gasteiger partial charge >= 0.3 is 5.97 Å². The predicted molar refractivity (Wildman–Crippen MR) is 79.7 cm³/mol. The van der Waals surface area contributed by atoms with Crippen LogP contribution in [-0.4, -0.2) is 34.1 Å². The smallest absolute Gasteiger partial charge is 0.320 e. The monoisotopic (exact) mass is 279 g/mol. The average molecular weight is 279 g/mol. The molecular weight excluding hydrogens is 250 g/mol. The largest absolute Gasteiger partial charge is 0.480 e. The quantitative estimate of drug-likeness (QED) is 0.857. The zero-order valence-electron chi connectivity index (χ0n) is 12.8. The molecule has 0 aromatic heterocycles. The molecule has 3 nitrogen and oxygen atoms in total. The molecule has 3 aliphatic rings. The van der Waals surface area contributed by atoms with Crippen LogP contribution in [-0.2, 0) is 4.79 Å². The van der Waals surface area contributed by atoms with Gasteiger partial charge in [-0.1, -0.05) is 26.2 Å². The number of fused-ring (bicyclic) bond motifs is 1. The van der Waals surface area contributed by atoms with Gasteiger partial charge in [-0.05, 0) is 56.8 Å². The standard InChI is InChI=1S/C17H29NO2/c1-2-12-7-9-14(11-12)18-15-6-4-3-5-13(15)8-10-16(18)17(19)20/h12-16H,2-11H2,1H3,(H,19,20). The van der Waals surface area contributed by atoms with Crippen molar-refractivity contribution in [2.24, 2.45) is 11.8 Å².